The van der Waals surface area contributed by atoms with Gasteiger partial charge in [0.15, 0.2) is 5.96 Å². The van der Waals surface area contributed by atoms with E-state index in [0.717, 1.165) is 31.0 Å². The first-order chi connectivity index (χ1) is 8.69. The van der Waals surface area contributed by atoms with Gasteiger partial charge >= 0.3 is 0 Å². The van der Waals surface area contributed by atoms with Crippen molar-refractivity contribution in [1.29, 1.82) is 0 Å². The van der Waals surface area contributed by atoms with Crippen molar-refractivity contribution in [1.82, 2.24) is 15.5 Å². The van der Waals surface area contributed by atoms with Crippen LogP contribution in [0.1, 0.15) is 40.0 Å². The van der Waals surface area contributed by atoms with E-state index in [1.165, 1.54) is 32.4 Å². The van der Waals surface area contributed by atoms with Gasteiger partial charge in [0, 0.05) is 31.7 Å². The maximum Gasteiger partial charge on any atom is 0.191 e. The molecule has 4 nitrogen and oxygen atoms in total. The van der Waals surface area contributed by atoms with Crippen molar-refractivity contribution >= 4 is 29.9 Å². The molecule has 1 saturated heterocycles. The standard InChI is InChI=1S/C14H28N4.HI/c1-4-15-14(17-11(2)3)16-9-12-7-8-18(10-12)13-5-6-13;/h11-13H,4-10H2,1-3H3,(H2,15,16,17);1H. The average Bonchev–Trinajstić information content (AvgIpc) is 3.06. The maximum absolute atomic E-state index is 4.72. The highest BCUT2D eigenvalue weighted by atomic mass is 127. The molecule has 0 aromatic rings. The molecule has 5 heteroatoms. The molecule has 2 rings (SSSR count). The third-order valence-electron chi connectivity index (χ3n) is 3.66. The summed E-state index contributed by atoms with van der Waals surface area (Å²) in [6, 6.07) is 1.36. The van der Waals surface area contributed by atoms with Crippen LogP contribution in [0, 0.1) is 5.92 Å². The SMILES string of the molecule is CCNC(=NCC1CCN(C2CC2)C1)NC(C)C.I. The summed E-state index contributed by atoms with van der Waals surface area (Å²) in [5, 5.41) is 6.69. The number of nitrogens with zero attached hydrogens (tertiary/aromatic N) is 2. The quantitative estimate of drug-likeness (QED) is 0.436. The normalized spacial score (nSPS) is 24.4. The van der Waals surface area contributed by atoms with Crippen molar-refractivity contribution in [2.75, 3.05) is 26.2 Å². The summed E-state index contributed by atoms with van der Waals surface area (Å²) in [6.07, 6.45) is 4.17. The summed E-state index contributed by atoms with van der Waals surface area (Å²) >= 11 is 0. The first-order valence-electron chi connectivity index (χ1n) is 7.48. The van der Waals surface area contributed by atoms with E-state index in [9.17, 15) is 0 Å². The molecule has 112 valence electrons. The Kier molecular flexibility index (Phi) is 7.42. The molecule has 1 unspecified atom stereocenters. The third kappa shape index (κ3) is 5.85. The second kappa shape index (κ2) is 8.29. The van der Waals surface area contributed by atoms with Crippen LogP contribution in [-0.2, 0) is 0 Å². The number of hydrogen-bond donors (Lipinski definition) is 2. The zero-order valence-corrected chi connectivity index (χ0v) is 14.8. The Hall–Kier alpha value is -0.0400. The fourth-order valence-electron chi connectivity index (χ4n) is 2.60. The smallest absolute Gasteiger partial charge is 0.191 e. The second-order valence-electron chi connectivity index (χ2n) is 5.90. The number of hydrogen-bond acceptors (Lipinski definition) is 2. The average molecular weight is 380 g/mol. The van der Waals surface area contributed by atoms with E-state index in [4.69, 9.17) is 4.99 Å². The lowest BCUT2D eigenvalue weighted by Gasteiger charge is -2.16. The van der Waals surface area contributed by atoms with Gasteiger partial charge in [-0.15, -0.1) is 24.0 Å². The number of halogens is 1. The predicted octanol–water partition coefficient (Wildman–Crippen LogP) is 2.05. The summed E-state index contributed by atoms with van der Waals surface area (Å²) in [5.74, 6) is 1.73. The molecule has 0 spiro atoms. The van der Waals surface area contributed by atoms with E-state index < -0.39 is 0 Å². The Morgan fingerprint density at radius 3 is 2.63 bits per heavy atom. The van der Waals surface area contributed by atoms with Crippen LogP contribution in [-0.4, -0.2) is 49.1 Å². The minimum Gasteiger partial charge on any atom is -0.357 e. The molecule has 0 aromatic heterocycles. The molecular formula is C14H29IN4. The Morgan fingerprint density at radius 2 is 2.05 bits per heavy atom. The second-order valence-corrected chi connectivity index (χ2v) is 5.90. The molecule has 2 N–H and O–H groups in total. The molecule has 0 bridgehead atoms. The van der Waals surface area contributed by atoms with Crippen LogP contribution in [0.4, 0.5) is 0 Å². The van der Waals surface area contributed by atoms with Gasteiger partial charge in [0.25, 0.3) is 0 Å². The highest BCUT2D eigenvalue weighted by Gasteiger charge is 2.34. The lowest BCUT2D eigenvalue weighted by Crippen LogP contribution is -2.41. The topological polar surface area (TPSA) is 39.7 Å². The van der Waals surface area contributed by atoms with Crippen LogP contribution < -0.4 is 10.6 Å². The number of nitrogens with one attached hydrogen (secondary N) is 2. The largest absolute Gasteiger partial charge is 0.357 e. The van der Waals surface area contributed by atoms with Crippen molar-refractivity contribution in [2.45, 2.75) is 52.1 Å². The summed E-state index contributed by atoms with van der Waals surface area (Å²) in [5.41, 5.74) is 0. The van der Waals surface area contributed by atoms with E-state index in [1.54, 1.807) is 0 Å². The van der Waals surface area contributed by atoms with Crippen molar-refractivity contribution in [3.8, 4) is 0 Å². The van der Waals surface area contributed by atoms with Crippen LogP contribution in [0.3, 0.4) is 0 Å². The zero-order chi connectivity index (χ0) is 13.0. The Morgan fingerprint density at radius 1 is 1.32 bits per heavy atom. The first kappa shape index (κ1) is 17.0. The van der Waals surface area contributed by atoms with E-state index >= 15 is 0 Å². The van der Waals surface area contributed by atoms with Crippen molar-refractivity contribution in [3.63, 3.8) is 0 Å². The van der Waals surface area contributed by atoms with Crippen LogP contribution in [0.25, 0.3) is 0 Å². The van der Waals surface area contributed by atoms with E-state index in [0.29, 0.717) is 6.04 Å². The van der Waals surface area contributed by atoms with Crippen molar-refractivity contribution < 1.29 is 0 Å². The van der Waals surface area contributed by atoms with Gasteiger partial charge in [-0.2, -0.15) is 0 Å². The Labute approximate surface area is 134 Å². The molecule has 1 atom stereocenters. The molecule has 1 aliphatic carbocycles. The monoisotopic (exact) mass is 380 g/mol. The summed E-state index contributed by atoms with van der Waals surface area (Å²) in [4.78, 5) is 7.37. The molecule has 1 heterocycles. The molecule has 1 saturated carbocycles. The summed E-state index contributed by atoms with van der Waals surface area (Å²) in [6.45, 7) is 10.9. The Bertz CT molecular complexity index is 289. The first-order valence-corrected chi connectivity index (χ1v) is 7.48. The molecule has 2 fully saturated rings. The highest BCUT2D eigenvalue weighted by molar-refractivity contribution is 14.0. The van der Waals surface area contributed by atoms with E-state index in [-0.39, 0.29) is 24.0 Å². The number of likely N-dealkylation sites (tertiary alicyclic amines) is 1. The molecule has 0 aromatic carbocycles. The minimum atomic E-state index is 0. The van der Waals surface area contributed by atoms with Gasteiger partial charge in [-0.3, -0.25) is 4.99 Å². The predicted molar refractivity (Wildman–Crippen MR) is 92.4 cm³/mol. The minimum absolute atomic E-state index is 0. The van der Waals surface area contributed by atoms with Crippen molar-refractivity contribution in [2.24, 2.45) is 10.9 Å². The van der Waals surface area contributed by atoms with E-state index in [2.05, 4.69) is 36.3 Å². The maximum atomic E-state index is 4.72. The van der Waals surface area contributed by atoms with Crippen LogP contribution in [0.5, 0.6) is 0 Å². The number of guanidine groups is 1. The number of aliphatic imine (C=N–C) groups is 1. The molecule has 0 amide bonds. The van der Waals surface area contributed by atoms with Crippen molar-refractivity contribution in [3.05, 3.63) is 0 Å². The van der Waals surface area contributed by atoms with Crippen LogP contribution in [0.2, 0.25) is 0 Å². The molecular weight excluding hydrogens is 351 g/mol. The third-order valence-corrected chi connectivity index (χ3v) is 3.66. The lowest BCUT2D eigenvalue weighted by molar-refractivity contribution is 0.315. The lowest BCUT2D eigenvalue weighted by atomic mass is 10.1. The summed E-state index contributed by atoms with van der Waals surface area (Å²) < 4.78 is 0. The Balaban J connectivity index is 0.00000180. The van der Waals surface area contributed by atoms with Gasteiger partial charge < -0.3 is 15.5 Å². The van der Waals surface area contributed by atoms with Gasteiger partial charge in [0.05, 0.1) is 0 Å². The summed E-state index contributed by atoms with van der Waals surface area (Å²) in [7, 11) is 0. The molecule has 1 aliphatic heterocycles. The van der Waals surface area contributed by atoms with Crippen LogP contribution in [0.15, 0.2) is 4.99 Å². The van der Waals surface area contributed by atoms with Gasteiger partial charge in [0.2, 0.25) is 0 Å². The highest BCUT2D eigenvalue weighted by Crippen LogP contribution is 2.31. The fourth-order valence-corrected chi connectivity index (χ4v) is 2.60. The van der Waals surface area contributed by atoms with E-state index in [1.807, 2.05) is 0 Å². The molecule has 2 aliphatic rings. The van der Waals surface area contributed by atoms with Crippen LogP contribution >= 0.6 is 24.0 Å². The van der Waals surface area contributed by atoms with Gasteiger partial charge in [0.1, 0.15) is 0 Å². The van der Waals surface area contributed by atoms with Gasteiger partial charge in [-0.05, 0) is 52.5 Å². The fraction of sp³-hybridized carbons (Fsp3) is 0.929. The zero-order valence-electron chi connectivity index (χ0n) is 12.5. The molecule has 0 radical (unpaired) electrons. The molecule has 19 heavy (non-hydrogen) atoms. The van der Waals surface area contributed by atoms with Gasteiger partial charge in [-0.1, -0.05) is 0 Å². The number of rotatable bonds is 5. The van der Waals surface area contributed by atoms with Gasteiger partial charge in [-0.25, -0.2) is 0 Å².